The number of halogens is 6. The fourth-order valence-corrected chi connectivity index (χ4v) is 3.18. The zero-order valence-electron chi connectivity index (χ0n) is 14.6. The molecule has 1 aliphatic heterocycles. The summed E-state index contributed by atoms with van der Waals surface area (Å²) in [4.78, 5) is 2.18. The molecule has 2 aromatic carbocycles. The van der Waals surface area contributed by atoms with Crippen molar-refractivity contribution in [2.45, 2.75) is 18.0 Å². The van der Waals surface area contributed by atoms with Crippen molar-refractivity contribution in [3.05, 3.63) is 54.1 Å². The first-order valence-electron chi connectivity index (χ1n) is 8.56. The Morgan fingerprint density at radius 3 is 1.57 bits per heavy atom. The molecule has 0 aliphatic carbocycles. The SMILES string of the molecule is OC(c1ccc(-c2ccc(N3CCNCC3)cc2)cc1)(C(F)(F)F)C(F)(F)F. The minimum absolute atomic E-state index is 0.447. The number of alkyl halides is 6. The van der Waals surface area contributed by atoms with Gasteiger partial charge in [0.1, 0.15) is 0 Å². The maximum atomic E-state index is 13.0. The Labute approximate surface area is 157 Å². The number of rotatable bonds is 3. The molecular weight excluding hydrogens is 386 g/mol. The smallest absolute Gasteiger partial charge is 0.369 e. The molecule has 1 heterocycles. The number of hydrogen-bond acceptors (Lipinski definition) is 3. The molecule has 28 heavy (non-hydrogen) atoms. The fraction of sp³-hybridized carbons (Fsp3) is 0.368. The summed E-state index contributed by atoms with van der Waals surface area (Å²) in [6, 6.07) is 10.8. The molecule has 0 unspecified atom stereocenters. The standard InChI is InChI=1S/C19H18F6N2O/c20-18(21,22)17(28,19(23,24)25)15-5-1-13(2-6-15)14-3-7-16(8-4-14)27-11-9-26-10-12-27/h1-8,26,28H,9-12H2. The van der Waals surface area contributed by atoms with Crippen molar-refractivity contribution in [3.63, 3.8) is 0 Å². The molecule has 9 heteroatoms. The lowest BCUT2D eigenvalue weighted by Gasteiger charge is -2.32. The topological polar surface area (TPSA) is 35.5 Å². The molecule has 2 aromatic rings. The molecule has 0 amide bonds. The van der Waals surface area contributed by atoms with Crippen LogP contribution in [0.1, 0.15) is 5.56 Å². The summed E-state index contributed by atoms with van der Waals surface area (Å²) in [6.45, 7) is 3.43. The summed E-state index contributed by atoms with van der Waals surface area (Å²) < 4.78 is 77.7. The van der Waals surface area contributed by atoms with Gasteiger partial charge in [0.25, 0.3) is 5.60 Å². The van der Waals surface area contributed by atoms with Crippen LogP contribution in [0.2, 0.25) is 0 Å². The van der Waals surface area contributed by atoms with Crippen molar-refractivity contribution in [1.82, 2.24) is 5.32 Å². The van der Waals surface area contributed by atoms with Gasteiger partial charge in [-0.15, -0.1) is 0 Å². The largest absolute Gasteiger partial charge is 0.430 e. The third-order valence-electron chi connectivity index (χ3n) is 4.81. The van der Waals surface area contributed by atoms with Crippen molar-refractivity contribution in [1.29, 1.82) is 0 Å². The van der Waals surface area contributed by atoms with Crippen LogP contribution in [0.5, 0.6) is 0 Å². The Hall–Kier alpha value is -2.26. The summed E-state index contributed by atoms with van der Waals surface area (Å²) in [5, 5.41) is 12.7. The summed E-state index contributed by atoms with van der Waals surface area (Å²) in [6.07, 6.45) is -11.8. The van der Waals surface area contributed by atoms with E-state index in [4.69, 9.17) is 0 Å². The van der Waals surface area contributed by atoms with Crippen molar-refractivity contribution in [2.75, 3.05) is 31.1 Å². The summed E-state index contributed by atoms with van der Waals surface area (Å²) >= 11 is 0. The second kappa shape index (κ2) is 7.29. The lowest BCUT2D eigenvalue weighted by molar-refractivity contribution is -0.376. The Morgan fingerprint density at radius 1 is 0.714 bits per heavy atom. The van der Waals surface area contributed by atoms with E-state index in [1.54, 1.807) is 12.1 Å². The quantitative estimate of drug-likeness (QED) is 0.757. The number of benzene rings is 2. The molecule has 0 atom stereocenters. The van der Waals surface area contributed by atoms with Gasteiger partial charge in [-0.2, -0.15) is 26.3 Å². The van der Waals surface area contributed by atoms with Crippen LogP contribution in [0.25, 0.3) is 11.1 Å². The summed E-state index contributed by atoms with van der Waals surface area (Å²) in [5.74, 6) is 0. The molecule has 1 saturated heterocycles. The van der Waals surface area contributed by atoms with E-state index in [9.17, 15) is 31.4 Å². The van der Waals surface area contributed by atoms with E-state index >= 15 is 0 Å². The Bertz CT molecular complexity index is 779. The van der Waals surface area contributed by atoms with Crippen molar-refractivity contribution in [3.8, 4) is 11.1 Å². The minimum atomic E-state index is -5.89. The van der Waals surface area contributed by atoms with Crippen LogP contribution >= 0.6 is 0 Å². The number of anilines is 1. The normalized spacial score (nSPS) is 16.3. The van der Waals surface area contributed by atoms with Gasteiger partial charge >= 0.3 is 12.4 Å². The van der Waals surface area contributed by atoms with Crippen LogP contribution in [0.15, 0.2) is 48.5 Å². The number of hydrogen-bond donors (Lipinski definition) is 2. The first-order chi connectivity index (χ1) is 13.0. The van der Waals surface area contributed by atoms with Gasteiger partial charge in [0.2, 0.25) is 0 Å². The fourth-order valence-electron chi connectivity index (χ4n) is 3.18. The van der Waals surface area contributed by atoms with Crippen LogP contribution in [0, 0.1) is 0 Å². The van der Waals surface area contributed by atoms with E-state index in [0.29, 0.717) is 23.3 Å². The van der Waals surface area contributed by atoms with Gasteiger partial charge in [0.05, 0.1) is 0 Å². The lowest BCUT2D eigenvalue weighted by Crippen LogP contribution is -2.53. The molecular formula is C19H18F6N2O. The predicted molar refractivity (Wildman–Crippen MR) is 93.0 cm³/mol. The second-order valence-electron chi connectivity index (χ2n) is 6.57. The third kappa shape index (κ3) is 3.68. The Morgan fingerprint density at radius 2 is 1.14 bits per heavy atom. The van der Waals surface area contributed by atoms with Gasteiger partial charge in [0.15, 0.2) is 0 Å². The molecule has 0 saturated carbocycles. The predicted octanol–water partition coefficient (Wildman–Crippen LogP) is 4.08. The molecule has 0 spiro atoms. The molecule has 2 N–H and O–H groups in total. The number of aliphatic hydroxyl groups is 1. The van der Waals surface area contributed by atoms with Gasteiger partial charge in [-0.3, -0.25) is 0 Å². The number of piperazine rings is 1. The van der Waals surface area contributed by atoms with Crippen LogP contribution < -0.4 is 10.2 Å². The zero-order chi connectivity index (χ0) is 20.6. The Balaban J connectivity index is 1.86. The van der Waals surface area contributed by atoms with E-state index in [2.05, 4.69) is 10.2 Å². The average Bonchev–Trinajstić information content (AvgIpc) is 2.66. The van der Waals surface area contributed by atoms with Gasteiger partial charge in [-0.1, -0.05) is 36.4 Å². The van der Waals surface area contributed by atoms with Crippen LogP contribution in [-0.4, -0.2) is 43.6 Å². The van der Waals surface area contributed by atoms with Crippen LogP contribution in [-0.2, 0) is 5.60 Å². The van der Waals surface area contributed by atoms with Gasteiger partial charge in [0, 0.05) is 37.4 Å². The molecule has 152 valence electrons. The average molecular weight is 404 g/mol. The van der Waals surface area contributed by atoms with Gasteiger partial charge < -0.3 is 15.3 Å². The van der Waals surface area contributed by atoms with Gasteiger partial charge in [-0.05, 0) is 23.3 Å². The second-order valence-corrected chi connectivity index (χ2v) is 6.57. The molecule has 3 nitrogen and oxygen atoms in total. The highest BCUT2D eigenvalue weighted by Crippen LogP contribution is 2.50. The molecule has 0 radical (unpaired) electrons. The highest BCUT2D eigenvalue weighted by molar-refractivity contribution is 5.67. The van der Waals surface area contributed by atoms with E-state index in [1.807, 2.05) is 12.1 Å². The molecule has 0 bridgehead atoms. The number of nitrogens with zero attached hydrogens (tertiary/aromatic N) is 1. The summed E-state index contributed by atoms with van der Waals surface area (Å²) in [7, 11) is 0. The van der Waals surface area contributed by atoms with Crippen LogP contribution in [0.3, 0.4) is 0 Å². The first-order valence-corrected chi connectivity index (χ1v) is 8.56. The Kier molecular flexibility index (Phi) is 5.33. The third-order valence-corrected chi connectivity index (χ3v) is 4.81. The zero-order valence-corrected chi connectivity index (χ0v) is 14.6. The van der Waals surface area contributed by atoms with Crippen molar-refractivity contribution >= 4 is 5.69 Å². The highest BCUT2D eigenvalue weighted by atomic mass is 19.4. The van der Waals surface area contributed by atoms with E-state index < -0.39 is 23.5 Å². The lowest BCUT2D eigenvalue weighted by atomic mass is 9.90. The maximum absolute atomic E-state index is 13.0. The van der Waals surface area contributed by atoms with E-state index in [1.165, 1.54) is 0 Å². The van der Waals surface area contributed by atoms with Crippen LogP contribution in [0.4, 0.5) is 32.0 Å². The van der Waals surface area contributed by atoms with Crippen molar-refractivity contribution in [2.24, 2.45) is 0 Å². The molecule has 3 rings (SSSR count). The molecule has 0 aromatic heterocycles. The van der Waals surface area contributed by atoms with Gasteiger partial charge in [-0.25, -0.2) is 0 Å². The maximum Gasteiger partial charge on any atom is 0.430 e. The first kappa shape index (κ1) is 20.5. The minimum Gasteiger partial charge on any atom is -0.369 e. The monoisotopic (exact) mass is 404 g/mol. The van der Waals surface area contributed by atoms with E-state index in [0.717, 1.165) is 44.0 Å². The summed E-state index contributed by atoms with van der Waals surface area (Å²) in [5.41, 5.74) is -4.10. The molecule has 1 fully saturated rings. The van der Waals surface area contributed by atoms with E-state index in [-0.39, 0.29) is 0 Å². The van der Waals surface area contributed by atoms with Crippen molar-refractivity contribution < 1.29 is 31.4 Å². The number of nitrogens with one attached hydrogen (secondary N) is 1. The highest BCUT2D eigenvalue weighted by Gasteiger charge is 2.71. The molecule has 1 aliphatic rings.